The van der Waals surface area contributed by atoms with E-state index in [9.17, 15) is 0 Å². The molecule has 1 aliphatic heterocycles. The first-order valence-corrected chi connectivity index (χ1v) is 4.50. The van der Waals surface area contributed by atoms with Crippen molar-refractivity contribution in [2.75, 3.05) is 19.1 Å². The summed E-state index contributed by atoms with van der Waals surface area (Å²) in [6.45, 7) is 4.09. The predicted molar refractivity (Wildman–Crippen MR) is 43.5 cm³/mol. The Kier molecular flexibility index (Phi) is 2.99. The molecule has 1 saturated heterocycles. The molecule has 0 spiro atoms. The van der Waals surface area contributed by atoms with Crippen molar-refractivity contribution in [1.82, 2.24) is 0 Å². The number of hydrogen-bond donors (Lipinski definition) is 0. The second kappa shape index (κ2) is 3.59. The summed E-state index contributed by atoms with van der Waals surface area (Å²) < 4.78 is 5.18. The molecule has 0 aromatic heterocycles. The molecule has 10 heavy (non-hydrogen) atoms. The summed E-state index contributed by atoms with van der Waals surface area (Å²) in [5, 5.41) is 0. The summed E-state index contributed by atoms with van der Waals surface area (Å²) in [5.41, 5.74) is 0.469. The molecule has 0 N–H and O–H groups in total. The molecule has 0 amide bonds. The second-order valence-corrected chi connectivity index (χ2v) is 3.56. The van der Waals surface area contributed by atoms with Crippen molar-refractivity contribution >= 4 is 11.6 Å². The van der Waals surface area contributed by atoms with Crippen molar-refractivity contribution < 1.29 is 4.74 Å². The van der Waals surface area contributed by atoms with Gasteiger partial charge in [-0.3, -0.25) is 0 Å². The summed E-state index contributed by atoms with van der Waals surface area (Å²) in [5.74, 6) is 0.781. The Labute approximate surface area is 67.7 Å². The Morgan fingerprint density at radius 2 is 2.10 bits per heavy atom. The van der Waals surface area contributed by atoms with Gasteiger partial charge in [0.2, 0.25) is 0 Å². The Hall–Kier alpha value is 0.250. The average Bonchev–Trinajstić information content (AvgIpc) is 1.84. The lowest BCUT2D eigenvalue weighted by Gasteiger charge is -2.41. The molecule has 0 saturated carbocycles. The van der Waals surface area contributed by atoms with Crippen molar-refractivity contribution in [3.8, 4) is 0 Å². The molecule has 1 fully saturated rings. The first-order valence-electron chi connectivity index (χ1n) is 3.97. The number of alkyl halides is 1. The molecule has 0 aromatic carbocycles. The number of halogens is 1. The lowest BCUT2D eigenvalue weighted by molar-refractivity contribution is -0.119. The molecule has 0 aromatic rings. The van der Waals surface area contributed by atoms with Crippen molar-refractivity contribution in [3.05, 3.63) is 0 Å². The summed E-state index contributed by atoms with van der Waals surface area (Å²) in [6.07, 6.45) is 3.66. The zero-order valence-electron chi connectivity index (χ0n) is 6.53. The fraction of sp³-hybridized carbons (Fsp3) is 1.00. The van der Waals surface area contributed by atoms with Crippen LogP contribution in [0.5, 0.6) is 0 Å². The van der Waals surface area contributed by atoms with Gasteiger partial charge in [-0.25, -0.2) is 0 Å². The van der Waals surface area contributed by atoms with Crippen LogP contribution < -0.4 is 0 Å². The quantitative estimate of drug-likeness (QED) is 0.577. The van der Waals surface area contributed by atoms with Crippen LogP contribution >= 0.6 is 11.6 Å². The summed E-state index contributed by atoms with van der Waals surface area (Å²) in [7, 11) is 0. The third kappa shape index (κ3) is 1.64. The minimum absolute atomic E-state index is 0.469. The Morgan fingerprint density at radius 1 is 1.40 bits per heavy atom. The van der Waals surface area contributed by atoms with Gasteiger partial charge in [-0.05, 0) is 12.8 Å². The molecule has 1 aliphatic rings. The average molecular weight is 163 g/mol. The van der Waals surface area contributed by atoms with Crippen LogP contribution in [0.15, 0.2) is 0 Å². The van der Waals surface area contributed by atoms with E-state index in [-0.39, 0.29) is 0 Å². The molecule has 0 aliphatic carbocycles. The monoisotopic (exact) mass is 162 g/mol. The van der Waals surface area contributed by atoms with Crippen LogP contribution in [-0.2, 0) is 4.74 Å². The van der Waals surface area contributed by atoms with Crippen LogP contribution in [0.25, 0.3) is 0 Å². The van der Waals surface area contributed by atoms with Crippen molar-refractivity contribution in [1.29, 1.82) is 0 Å². The summed E-state index contributed by atoms with van der Waals surface area (Å²) >= 11 is 5.68. The standard InChI is InChI=1S/C8H15ClO/c1-2-3-8(4-5-9)6-10-7-8/h2-7H2,1H3. The highest BCUT2D eigenvalue weighted by Crippen LogP contribution is 2.36. The molecule has 1 heterocycles. The zero-order valence-corrected chi connectivity index (χ0v) is 7.28. The topological polar surface area (TPSA) is 9.23 Å². The van der Waals surface area contributed by atoms with E-state index < -0.39 is 0 Å². The minimum Gasteiger partial charge on any atom is -0.380 e. The van der Waals surface area contributed by atoms with Crippen molar-refractivity contribution in [2.24, 2.45) is 5.41 Å². The molecule has 0 unspecified atom stereocenters. The first-order chi connectivity index (χ1) is 4.83. The lowest BCUT2D eigenvalue weighted by Crippen LogP contribution is -2.42. The van der Waals surface area contributed by atoms with Crippen molar-refractivity contribution in [3.63, 3.8) is 0 Å². The Bertz CT molecular complexity index is 91.4. The molecule has 1 rings (SSSR count). The van der Waals surface area contributed by atoms with Gasteiger partial charge in [0.25, 0.3) is 0 Å². The van der Waals surface area contributed by atoms with Gasteiger partial charge in [-0.2, -0.15) is 0 Å². The van der Waals surface area contributed by atoms with E-state index in [0.717, 1.165) is 25.5 Å². The highest BCUT2D eigenvalue weighted by atomic mass is 35.5. The maximum absolute atomic E-state index is 5.68. The molecule has 0 atom stereocenters. The van der Waals surface area contributed by atoms with E-state index in [0.29, 0.717) is 5.41 Å². The van der Waals surface area contributed by atoms with Gasteiger partial charge in [0.15, 0.2) is 0 Å². The summed E-state index contributed by atoms with van der Waals surface area (Å²) in [6, 6.07) is 0. The lowest BCUT2D eigenvalue weighted by atomic mass is 9.79. The molecule has 60 valence electrons. The van der Waals surface area contributed by atoms with Crippen LogP contribution in [0.3, 0.4) is 0 Å². The number of ether oxygens (including phenoxy) is 1. The van der Waals surface area contributed by atoms with Crippen LogP contribution in [0, 0.1) is 5.41 Å². The molecule has 0 radical (unpaired) electrons. The van der Waals surface area contributed by atoms with Gasteiger partial charge in [-0.1, -0.05) is 13.3 Å². The van der Waals surface area contributed by atoms with Gasteiger partial charge in [0, 0.05) is 11.3 Å². The Morgan fingerprint density at radius 3 is 2.40 bits per heavy atom. The zero-order chi connectivity index (χ0) is 7.45. The smallest absolute Gasteiger partial charge is 0.0545 e. The van der Waals surface area contributed by atoms with Gasteiger partial charge < -0.3 is 4.74 Å². The van der Waals surface area contributed by atoms with Crippen molar-refractivity contribution in [2.45, 2.75) is 26.2 Å². The van der Waals surface area contributed by atoms with Gasteiger partial charge in [-0.15, -0.1) is 11.6 Å². The van der Waals surface area contributed by atoms with Gasteiger partial charge in [0.05, 0.1) is 13.2 Å². The highest BCUT2D eigenvalue weighted by Gasteiger charge is 2.36. The maximum Gasteiger partial charge on any atom is 0.0545 e. The number of hydrogen-bond acceptors (Lipinski definition) is 1. The van der Waals surface area contributed by atoms with Crippen LogP contribution in [0.4, 0.5) is 0 Å². The highest BCUT2D eigenvalue weighted by molar-refractivity contribution is 6.17. The fourth-order valence-corrected chi connectivity index (χ4v) is 1.94. The normalized spacial score (nSPS) is 22.2. The van der Waals surface area contributed by atoms with Crippen LogP contribution in [0.2, 0.25) is 0 Å². The first kappa shape index (κ1) is 8.35. The van der Waals surface area contributed by atoms with E-state index in [1.54, 1.807) is 0 Å². The third-order valence-electron chi connectivity index (χ3n) is 2.22. The SMILES string of the molecule is CCCC1(CCCl)COC1. The minimum atomic E-state index is 0.469. The van der Waals surface area contributed by atoms with E-state index in [2.05, 4.69) is 6.92 Å². The molecule has 0 bridgehead atoms. The molecule has 2 heteroatoms. The third-order valence-corrected chi connectivity index (χ3v) is 2.41. The molecular weight excluding hydrogens is 148 g/mol. The van der Waals surface area contributed by atoms with E-state index in [1.807, 2.05) is 0 Å². The summed E-state index contributed by atoms with van der Waals surface area (Å²) in [4.78, 5) is 0. The maximum atomic E-state index is 5.68. The largest absolute Gasteiger partial charge is 0.380 e. The fourth-order valence-electron chi connectivity index (χ4n) is 1.54. The molecular formula is C8H15ClO. The van der Waals surface area contributed by atoms with Gasteiger partial charge >= 0.3 is 0 Å². The van der Waals surface area contributed by atoms with Crippen LogP contribution in [-0.4, -0.2) is 19.1 Å². The molecule has 1 nitrogen and oxygen atoms in total. The van der Waals surface area contributed by atoms with Crippen LogP contribution in [0.1, 0.15) is 26.2 Å². The van der Waals surface area contributed by atoms with E-state index in [4.69, 9.17) is 16.3 Å². The Balaban J connectivity index is 2.27. The number of rotatable bonds is 4. The van der Waals surface area contributed by atoms with Gasteiger partial charge in [0.1, 0.15) is 0 Å². The second-order valence-electron chi connectivity index (χ2n) is 3.18. The van der Waals surface area contributed by atoms with E-state index in [1.165, 1.54) is 12.8 Å². The van der Waals surface area contributed by atoms with E-state index >= 15 is 0 Å². The predicted octanol–water partition coefficient (Wildman–Crippen LogP) is 2.43.